The molecule has 128 valence electrons. The van der Waals surface area contributed by atoms with Crippen molar-refractivity contribution < 1.29 is 4.79 Å². The maximum Gasteiger partial charge on any atom is 0.279 e. The quantitative estimate of drug-likeness (QED) is 0.627. The van der Waals surface area contributed by atoms with Crippen molar-refractivity contribution >= 4 is 34.1 Å². The van der Waals surface area contributed by atoms with Gasteiger partial charge in [0.25, 0.3) is 5.91 Å². The van der Waals surface area contributed by atoms with Gasteiger partial charge in [-0.05, 0) is 24.3 Å². The second-order valence-corrected chi connectivity index (χ2v) is 7.80. The van der Waals surface area contributed by atoms with Crippen LogP contribution in [0.5, 0.6) is 0 Å². The molecule has 0 aliphatic rings. The molecule has 25 heavy (non-hydrogen) atoms. The van der Waals surface area contributed by atoms with Crippen LogP contribution >= 0.6 is 23.1 Å². The van der Waals surface area contributed by atoms with Crippen molar-refractivity contribution in [2.75, 3.05) is 17.7 Å². The SMILES string of the molecule is CCSc1cc(-c2ccccc2)cnc1C(=O)N(C)c1nnc(C)s1. The Kier molecular flexibility index (Phi) is 5.45. The Morgan fingerprint density at radius 2 is 1.96 bits per heavy atom. The summed E-state index contributed by atoms with van der Waals surface area (Å²) in [5.74, 6) is 0.689. The van der Waals surface area contributed by atoms with Crippen LogP contribution in [-0.2, 0) is 0 Å². The van der Waals surface area contributed by atoms with E-state index in [4.69, 9.17) is 0 Å². The average molecular weight is 371 g/mol. The van der Waals surface area contributed by atoms with E-state index < -0.39 is 0 Å². The van der Waals surface area contributed by atoms with Crippen molar-refractivity contribution in [3.63, 3.8) is 0 Å². The van der Waals surface area contributed by atoms with Crippen molar-refractivity contribution in [1.29, 1.82) is 0 Å². The van der Waals surface area contributed by atoms with Crippen LogP contribution in [0.25, 0.3) is 11.1 Å². The molecule has 0 aliphatic carbocycles. The Balaban J connectivity index is 1.96. The molecule has 0 saturated carbocycles. The summed E-state index contributed by atoms with van der Waals surface area (Å²) >= 11 is 3.00. The summed E-state index contributed by atoms with van der Waals surface area (Å²) in [4.78, 5) is 19.7. The smallest absolute Gasteiger partial charge is 0.279 e. The molecule has 0 bridgehead atoms. The predicted octanol–water partition coefficient (Wildman–Crippen LogP) is 4.30. The van der Waals surface area contributed by atoms with E-state index in [2.05, 4.69) is 22.1 Å². The van der Waals surface area contributed by atoms with Crippen molar-refractivity contribution in [1.82, 2.24) is 15.2 Å². The van der Waals surface area contributed by atoms with Crippen LogP contribution in [0, 0.1) is 6.92 Å². The summed E-state index contributed by atoms with van der Waals surface area (Å²) in [6, 6.07) is 12.1. The fourth-order valence-electron chi connectivity index (χ4n) is 2.33. The van der Waals surface area contributed by atoms with E-state index in [-0.39, 0.29) is 5.91 Å². The first kappa shape index (κ1) is 17.6. The lowest BCUT2D eigenvalue weighted by Gasteiger charge is -2.15. The maximum atomic E-state index is 12.9. The van der Waals surface area contributed by atoms with Crippen LogP contribution in [0.3, 0.4) is 0 Å². The standard InChI is InChI=1S/C18H18N4OS2/c1-4-24-15-10-14(13-8-6-5-7-9-13)11-19-16(15)17(23)22(3)18-21-20-12(2)25-18/h5-11H,4H2,1-3H3. The highest BCUT2D eigenvalue weighted by molar-refractivity contribution is 7.99. The van der Waals surface area contributed by atoms with Crippen LogP contribution in [-0.4, -0.2) is 33.9 Å². The summed E-state index contributed by atoms with van der Waals surface area (Å²) in [5.41, 5.74) is 2.53. The summed E-state index contributed by atoms with van der Waals surface area (Å²) in [5, 5.41) is 9.41. The van der Waals surface area contributed by atoms with Crippen molar-refractivity contribution in [2.24, 2.45) is 0 Å². The number of nitrogens with zero attached hydrogens (tertiary/aromatic N) is 4. The van der Waals surface area contributed by atoms with E-state index in [1.807, 2.05) is 43.3 Å². The van der Waals surface area contributed by atoms with E-state index in [1.54, 1.807) is 25.0 Å². The Morgan fingerprint density at radius 3 is 2.60 bits per heavy atom. The number of carbonyl (C=O) groups excluding carboxylic acids is 1. The highest BCUT2D eigenvalue weighted by Crippen LogP contribution is 2.29. The number of aromatic nitrogens is 3. The summed E-state index contributed by atoms with van der Waals surface area (Å²) in [6.07, 6.45) is 1.75. The van der Waals surface area contributed by atoms with Crippen LogP contribution in [0.1, 0.15) is 22.4 Å². The van der Waals surface area contributed by atoms with Crippen molar-refractivity contribution in [3.8, 4) is 11.1 Å². The van der Waals surface area contributed by atoms with E-state index in [1.165, 1.54) is 16.2 Å². The lowest BCUT2D eigenvalue weighted by Crippen LogP contribution is -2.27. The normalized spacial score (nSPS) is 10.7. The molecule has 0 radical (unpaired) electrons. The molecule has 0 spiro atoms. The number of hydrogen-bond donors (Lipinski definition) is 0. The number of amides is 1. The first-order valence-corrected chi connectivity index (χ1v) is 9.66. The van der Waals surface area contributed by atoms with Crippen LogP contribution in [0.15, 0.2) is 47.5 Å². The monoisotopic (exact) mass is 370 g/mol. The van der Waals surface area contributed by atoms with Crippen LogP contribution < -0.4 is 4.90 Å². The van der Waals surface area contributed by atoms with E-state index in [0.717, 1.165) is 26.8 Å². The van der Waals surface area contributed by atoms with Gasteiger partial charge in [-0.15, -0.1) is 22.0 Å². The zero-order valence-corrected chi connectivity index (χ0v) is 15.9. The van der Waals surface area contributed by atoms with Gasteiger partial charge in [-0.3, -0.25) is 9.69 Å². The number of pyridine rings is 1. The number of rotatable bonds is 5. The molecular weight excluding hydrogens is 352 g/mol. The number of thioether (sulfide) groups is 1. The van der Waals surface area contributed by atoms with Crippen molar-refractivity contribution in [2.45, 2.75) is 18.7 Å². The highest BCUT2D eigenvalue weighted by atomic mass is 32.2. The van der Waals surface area contributed by atoms with Gasteiger partial charge in [-0.1, -0.05) is 48.6 Å². The molecule has 0 N–H and O–H groups in total. The molecule has 3 rings (SSSR count). The lowest BCUT2D eigenvalue weighted by atomic mass is 10.1. The second-order valence-electron chi connectivity index (χ2n) is 5.34. The van der Waals surface area contributed by atoms with Gasteiger partial charge in [-0.2, -0.15) is 0 Å². The van der Waals surface area contributed by atoms with Crippen molar-refractivity contribution in [3.05, 3.63) is 53.3 Å². The summed E-state index contributed by atoms with van der Waals surface area (Å²) < 4.78 is 0. The first-order valence-electron chi connectivity index (χ1n) is 7.86. The summed E-state index contributed by atoms with van der Waals surface area (Å²) in [7, 11) is 1.70. The second kappa shape index (κ2) is 7.76. The summed E-state index contributed by atoms with van der Waals surface area (Å²) in [6.45, 7) is 3.93. The number of benzene rings is 1. The molecule has 3 aromatic rings. The number of anilines is 1. The molecule has 7 heteroatoms. The number of hydrogen-bond acceptors (Lipinski definition) is 6. The Morgan fingerprint density at radius 1 is 1.20 bits per heavy atom. The first-order chi connectivity index (χ1) is 12.1. The van der Waals surface area contributed by atoms with Gasteiger partial charge < -0.3 is 0 Å². The third-order valence-electron chi connectivity index (χ3n) is 3.57. The number of carbonyl (C=O) groups is 1. The molecule has 0 atom stereocenters. The van der Waals surface area contributed by atoms with Gasteiger partial charge in [0.15, 0.2) is 0 Å². The molecular formula is C18H18N4OS2. The molecule has 0 fully saturated rings. The fourth-order valence-corrected chi connectivity index (χ4v) is 3.77. The Bertz CT molecular complexity index is 880. The third-order valence-corrected chi connectivity index (χ3v) is 5.40. The Hall–Kier alpha value is -2.25. The predicted molar refractivity (Wildman–Crippen MR) is 103 cm³/mol. The largest absolute Gasteiger partial charge is 0.284 e. The zero-order valence-electron chi connectivity index (χ0n) is 14.3. The highest BCUT2D eigenvalue weighted by Gasteiger charge is 2.22. The molecule has 1 aromatic carbocycles. The molecule has 0 aliphatic heterocycles. The maximum absolute atomic E-state index is 12.9. The molecule has 0 unspecified atom stereocenters. The minimum absolute atomic E-state index is 0.174. The minimum atomic E-state index is -0.174. The van der Waals surface area contributed by atoms with Gasteiger partial charge in [0, 0.05) is 23.7 Å². The van der Waals surface area contributed by atoms with Gasteiger partial charge >= 0.3 is 0 Å². The van der Waals surface area contributed by atoms with Gasteiger partial charge in [0.2, 0.25) is 5.13 Å². The van der Waals surface area contributed by atoms with Crippen LogP contribution in [0.4, 0.5) is 5.13 Å². The topological polar surface area (TPSA) is 59.0 Å². The van der Waals surface area contributed by atoms with Gasteiger partial charge in [-0.25, -0.2) is 4.98 Å². The van der Waals surface area contributed by atoms with E-state index in [9.17, 15) is 4.79 Å². The zero-order chi connectivity index (χ0) is 17.8. The number of aryl methyl sites for hydroxylation is 1. The fraction of sp³-hybridized carbons (Fsp3) is 0.222. The van der Waals surface area contributed by atoms with Gasteiger partial charge in [0.05, 0.1) is 0 Å². The van der Waals surface area contributed by atoms with E-state index in [0.29, 0.717) is 10.8 Å². The average Bonchev–Trinajstić information content (AvgIpc) is 3.08. The molecule has 5 nitrogen and oxygen atoms in total. The van der Waals surface area contributed by atoms with Crippen LogP contribution in [0.2, 0.25) is 0 Å². The molecule has 1 amide bonds. The lowest BCUT2D eigenvalue weighted by molar-refractivity contribution is 0.0985. The molecule has 2 heterocycles. The third kappa shape index (κ3) is 3.88. The Labute approximate surface area is 155 Å². The van der Waals surface area contributed by atoms with Gasteiger partial charge in [0.1, 0.15) is 10.7 Å². The van der Waals surface area contributed by atoms with E-state index >= 15 is 0 Å². The molecule has 2 aromatic heterocycles. The minimum Gasteiger partial charge on any atom is -0.284 e. The molecule has 0 saturated heterocycles.